The van der Waals surface area contributed by atoms with E-state index in [4.69, 9.17) is 9.84 Å². The van der Waals surface area contributed by atoms with Crippen molar-refractivity contribution >= 4 is 0 Å². The van der Waals surface area contributed by atoms with Crippen LogP contribution in [0, 0.1) is 11.8 Å². The topological polar surface area (TPSA) is 108 Å². The minimum atomic E-state index is -1.28. The molecule has 2 aromatic carbocycles. The van der Waals surface area contributed by atoms with Crippen molar-refractivity contribution in [2.45, 2.75) is 31.6 Å². The van der Waals surface area contributed by atoms with Crippen LogP contribution in [-0.4, -0.2) is 55.4 Å². The first-order valence-electron chi connectivity index (χ1n) is 10.3. The molecule has 0 spiro atoms. The second-order valence-electron chi connectivity index (χ2n) is 7.88. The SMILES string of the molecule is C[C@H](O)c1nccn1C(C#Cc1ccc(-c2ccc(OCC(C)(O)CO)cc2)cc1)CO. The Morgan fingerprint density at radius 3 is 2.25 bits per heavy atom. The summed E-state index contributed by atoms with van der Waals surface area (Å²) in [6, 6.07) is 14.7. The maximum absolute atomic E-state index is 9.81. The third kappa shape index (κ3) is 5.96. The second-order valence-corrected chi connectivity index (χ2v) is 7.88. The molecule has 7 heteroatoms. The lowest BCUT2D eigenvalue weighted by molar-refractivity contribution is -0.0324. The first kappa shape index (κ1) is 23.5. The summed E-state index contributed by atoms with van der Waals surface area (Å²) in [4.78, 5) is 4.12. The lowest BCUT2D eigenvalue weighted by atomic mass is 10.0. The van der Waals surface area contributed by atoms with Gasteiger partial charge in [0, 0.05) is 18.0 Å². The molecule has 0 aliphatic carbocycles. The monoisotopic (exact) mass is 436 g/mol. The molecule has 0 amide bonds. The molecule has 0 aliphatic rings. The van der Waals surface area contributed by atoms with Gasteiger partial charge in [-0.3, -0.25) is 0 Å². The first-order chi connectivity index (χ1) is 15.3. The smallest absolute Gasteiger partial charge is 0.138 e. The standard InChI is InChI=1S/C25H28N2O5/c1-18(30)24-26-13-14-27(24)22(15-28)10-5-19-3-6-20(7-4-19)21-8-11-23(12-9-21)32-17-25(2,31)16-29/h3-4,6-9,11-14,18,22,28-31H,15-17H2,1-2H3/t18-,22?,25?/m0/s1. The zero-order valence-corrected chi connectivity index (χ0v) is 18.1. The van der Waals surface area contributed by atoms with Crippen LogP contribution in [0.4, 0.5) is 0 Å². The summed E-state index contributed by atoms with van der Waals surface area (Å²) < 4.78 is 7.20. The molecule has 32 heavy (non-hydrogen) atoms. The lowest BCUT2D eigenvalue weighted by Gasteiger charge is -2.20. The molecular weight excluding hydrogens is 408 g/mol. The summed E-state index contributed by atoms with van der Waals surface area (Å²) in [5.74, 6) is 7.17. The molecule has 0 fully saturated rings. The maximum atomic E-state index is 9.81. The zero-order valence-electron chi connectivity index (χ0n) is 18.1. The van der Waals surface area contributed by atoms with Crippen LogP contribution < -0.4 is 4.74 Å². The largest absolute Gasteiger partial charge is 0.491 e. The van der Waals surface area contributed by atoms with Gasteiger partial charge in [0.2, 0.25) is 0 Å². The van der Waals surface area contributed by atoms with Crippen LogP contribution >= 0.6 is 0 Å². The average Bonchev–Trinajstić information content (AvgIpc) is 3.29. The molecule has 1 aromatic heterocycles. The van der Waals surface area contributed by atoms with E-state index in [1.807, 2.05) is 48.5 Å². The molecule has 3 rings (SSSR count). The zero-order chi connectivity index (χ0) is 23.1. The number of ether oxygens (including phenoxy) is 1. The third-order valence-electron chi connectivity index (χ3n) is 4.93. The highest BCUT2D eigenvalue weighted by Crippen LogP contribution is 2.23. The van der Waals surface area contributed by atoms with Crippen LogP contribution in [0.15, 0.2) is 60.9 Å². The summed E-state index contributed by atoms with van der Waals surface area (Å²) in [7, 11) is 0. The van der Waals surface area contributed by atoms with E-state index in [1.165, 1.54) is 6.92 Å². The Kier molecular flexibility index (Phi) is 7.67. The number of aromatic nitrogens is 2. The highest BCUT2D eigenvalue weighted by molar-refractivity contribution is 5.65. The number of hydrogen-bond acceptors (Lipinski definition) is 6. The predicted octanol–water partition coefficient (Wildman–Crippen LogP) is 2.31. The molecule has 0 saturated heterocycles. The molecular formula is C25H28N2O5. The summed E-state index contributed by atoms with van der Waals surface area (Å²) in [5, 5.41) is 38.4. The Morgan fingerprint density at radius 1 is 1.06 bits per heavy atom. The second kappa shape index (κ2) is 10.4. The average molecular weight is 437 g/mol. The number of imidazole rings is 1. The van der Waals surface area contributed by atoms with Crippen LogP contribution in [0.3, 0.4) is 0 Å². The van der Waals surface area contributed by atoms with E-state index in [-0.39, 0.29) is 19.8 Å². The van der Waals surface area contributed by atoms with Crippen molar-refractivity contribution in [1.82, 2.24) is 9.55 Å². The minimum absolute atomic E-state index is 0.00281. The highest BCUT2D eigenvalue weighted by Gasteiger charge is 2.19. The van der Waals surface area contributed by atoms with Crippen LogP contribution in [0.1, 0.15) is 37.4 Å². The Balaban J connectivity index is 1.68. The molecule has 2 unspecified atom stereocenters. The van der Waals surface area contributed by atoms with E-state index in [2.05, 4.69) is 16.8 Å². The Labute approximate surface area is 187 Å². The van der Waals surface area contributed by atoms with Gasteiger partial charge in [-0.25, -0.2) is 4.98 Å². The molecule has 7 nitrogen and oxygen atoms in total. The molecule has 0 bridgehead atoms. The molecule has 0 aliphatic heterocycles. The van der Waals surface area contributed by atoms with Crippen molar-refractivity contribution < 1.29 is 25.2 Å². The fourth-order valence-corrected chi connectivity index (χ4v) is 3.06. The van der Waals surface area contributed by atoms with Crippen molar-refractivity contribution in [2.24, 2.45) is 0 Å². The summed E-state index contributed by atoms with van der Waals surface area (Å²) in [5.41, 5.74) is 1.53. The van der Waals surface area contributed by atoms with E-state index >= 15 is 0 Å². The van der Waals surface area contributed by atoms with E-state index < -0.39 is 17.7 Å². The van der Waals surface area contributed by atoms with Crippen molar-refractivity contribution in [3.8, 4) is 28.7 Å². The summed E-state index contributed by atoms with van der Waals surface area (Å²) in [6.45, 7) is 2.57. The minimum Gasteiger partial charge on any atom is -0.491 e. The normalized spacial score (nSPS) is 14.7. The number of aliphatic hydroxyl groups is 4. The van der Waals surface area contributed by atoms with Gasteiger partial charge in [-0.2, -0.15) is 0 Å². The lowest BCUT2D eigenvalue weighted by Crippen LogP contribution is -2.36. The Bertz CT molecular complexity index is 1060. The van der Waals surface area contributed by atoms with Crippen molar-refractivity contribution in [3.63, 3.8) is 0 Å². The van der Waals surface area contributed by atoms with E-state index in [0.29, 0.717) is 11.6 Å². The Morgan fingerprint density at radius 2 is 1.69 bits per heavy atom. The highest BCUT2D eigenvalue weighted by atomic mass is 16.5. The van der Waals surface area contributed by atoms with Gasteiger partial charge in [-0.15, -0.1) is 0 Å². The fourth-order valence-electron chi connectivity index (χ4n) is 3.06. The number of hydrogen-bond donors (Lipinski definition) is 4. The summed E-state index contributed by atoms with van der Waals surface area (Å²) in [6.07, 6.45) is 2.52. The predicted molar refractivity (Wildman–Crippen MR) is 121 cm³/mol. The van der Waals surface area contributed by atoms with Crippen molar-refractivity contribution in [2.75, 3.05) is 19.8 Å². The van der Waals surface area contributed by atoms with Crippen LogP contribution in [0.25, 0.3) is 11.1 Å². The van der Waals surface area contributed by atoms with E-state index in [9.17, 15) is 15.3 Å². The molecule has 1 heterocycles. The maximum Gasteiger partial charge on any atom is 0.138 e. The summed E-state index contributed by atoms with van der Waals surface area (Å²) >= 11 is 0. The van der Waals surface area contributed by atoms with E-state index in [1.54, 1.807) is 23.9 Å². The molecule has 168 valence electrons. The van der Waals surface area contributed by atoms with Gasteiger partial charge in [-0.1, -0.05) is 36.1 Å². The van der Waals surface area contributed by atoms with Crippen molar-refractivity contribution in [3.05, 3.63) is 72.3 Å². The van der Waals surface area contributed by atoms with Crippen LogP contribution in [-0.2, 0) is 0 Å². The van der Waals surface area contributed by atoms with Gasteiger partial charge >= 0.3 is 0 Å². The van der Waals surface area contributed by atoms with Crippen molar-refractivity contribution in [1.29, 1.82) is 0 Å². The van der Waals surface area contributed by atoms with Gasteiger partial charge in [0.05, 0.1) is 13.2 Å². The van der Waals surface area contributed by atoms with Gasteiger partial charge < -0.3 is 29.7 Å². The van der Waals surface area contributed by atoms with Gasteiger partial charge in [0.1, 0.15) is 35.9 Å². The Hall–Kier alpha value is -3.15. The van der Waals surface area contributed by atoms with Gasteiger partial charge in [-0.05, 0) is 49.2 Å². The number of rotatable bonds is 8. The quantitative estimate of drug-likeness (QED) is 0.404. The fraction of sp³-hybridized carbons (Fsp3) is 0.320. The molecule has 0 radical (unpaired) electrons. The first-order valence-corrected chi connectivity index (χ1v) is 10.3. The number of aliphatic hydroxyl groups excluding tert-OH is 3. The third-order valence-corrected chi connectivity index (χ3v) is 4.93. The number of nitrogens with zero attached hydrogens (tertiary/aromatic N) is 2. The van der Waals surface area contributed by atoms with Crippen LogP contribution in [0.2, 0.25) is 0 Å². The van der Waals surface area contributed by atoms with Gasteiger partial charge in [0.15, 0.2) is 0 Å². The molecule has 3 atom stereocenters. The van der Waals surface area contributed by atoms with E-state index in [0.717, 1.165) is 16.7 Å². The molecule has 0 saturated carbocycles. The van der Waals surface area contributed by atoms with Crippen LogP contribution in [0.5, 0.6) is 5.75 Å². The number of benzene rings is 2. The van der Waals surface area contributed by atoms with Gasteiger partial charge in [0.25, 0.3) is 0 Å². The molecule has 4 N–H and O–H groups in total. The molecule has 3 aromatic rings.